The minimum atomic E-state index is -2.81. The highest BCUT2D eigenvalue weighted by molar-refractivity contribution is 4.72. The Labute approximate surface area is 45.1 Å². The molecule has 0 aromatic carbocycles. The van der Waals surface area contributed by atoms with Crippen LogP contribution in [0.1, 0.15) is 6.42 Å². The van der Waals surface area contributed by atoms with Crippen molar-refractivity contribution in [2.75, 3.05) is 6.61 Å². The van der Waals surface area contributed by atoms with Crippen LogP contribution < -0.4 is 0 Å². The number of aliphatic hydroxyl groups is 1. The molecule has 1 rings (SSSR count). The molecule has 0 saturated carbocycles. The lowest BCUT2D eigenvalue weighted by molar-refractivity contribution is -0.0629. The molecule has 1 aliphatic rings. The van der Waals surface area contributed by atoms with Crippen molar-refractivity contribution in [3.8, 4) is 0 Å². The van der Waals surface area contributed by atoms with Crippen LogP contribution in [0.3, 0.4) is 0 Å². The minimum absolute atomic E-state index is 0.562. The highest BCUT2D eigenvalue weighted by Crippen LogP contribution is 2.27. The first-order valence-corrected chi connectivity index (χ1v) is 2.28. The van der Waals surface area contributed by atoms with Gasteiger partial charge in [-0.05, 0) is 0 Å². The zero-order chi connectivity index (χ0) is 6.20. The van der Waals surface area contributed by atoms with E-state index in [2.05, 4.69) is 4.74 Å². The molecule has 0 radical (unpaired) electrons. The van der Waals surface area contributed by atoms with Gasteiger partial charge in [0.25, 0.3) is 5.92 Å². The van der Waals surface area contributed by atoms with Gasteiger partial charge in [-0.3, -0.25) is 0 Å². The zero-order valence-electron chi connectivity index (χ0n) is 4.10. The number of alkyl halides is 2. The molecule has 0 aromatic rings. The van der Waals surface area contributed by atoms with Crippen LogP contribution >= 0.6 is 0 Å². The second-order valence-electron chi connectivity index (χ2n) is 1.83. The smallest absolute Gasteiger partial charge is 0.275 e. The van der Waals surface area contributed by atoms with Gasteiger partial charge in [-0.15, -0.1) is 0 Å². The van der Waals surface area contributed by atoms with E-state index in [9.17, 15) is 8.78 Å². The molecule has 0 aromatic heterocycles. The normalized spacial score (nSPS) is 35.6. The summed E-state index contributed by atoms with van der Waals surface area (Å²) < 4.78 is 28.0. The van der Waals surface area contributed by atoms with Crippen LogP contribution in [0.25, 0.3) is 0 Å². The topological polar surface area (TPSA) is 29.5 Å². The maximum absolute atomic E-state index is 11.9. The van der Waals surface area contributed by atoms with E-state index in [1.807, 2.05) is 0 Å². The van der Waals surface area contributed by atoms with E-state index < -0.39 is 25.2 Å². The highest BCUT2D eigenvalue weighted by atomic mass is 19.3. The van der Waals surface area contributed by atoms with Crippen LogP contribution in [0.15, 0.2) is 0 Å². The summed E-state index contributed by atoms with van der Waals surface area (Å²) in [7, 11) is 0. The molecule has 1 heterocycles. The summed E-state index contributed by atoms with van der Waals surface area (Å²) in [5.74, 6) is -2.81. The molecule has 1 aliphatic heterocycles. The van der Waals surface area contributed by atoms with Crippen LogP contribution in [0.4, 0.5) is 8.78 Å². The van der Waals surface area contributed by atoms with Crippen LogP contribution in [0, 0.1) is 0 Å². The maximum Gasteiger partial charge on any atom is 0.275 e. The number of aliphatic hydroxyl groups excluding tert-OH is 1. The molecule has 0 spiro atoms. The summed E-state index contributed by atoms with van der Waals surface area (Å²) in [5.41, 5.74) is 0. The molecule has 1 N–H and O–H groups in total. The van der Waals surface area contributed by atoms with Gasteiger partial charge in [0.2, 0.25) is 0 Å². The molecular formula is C4H6F2O2. The third kappa shape index (κ3) is 1.14. The lowest BCUT2D eigenvalue weighted by Crippen LogP contribution is -2.14. The fraction of sp³-hybridized carbons (Fsp3) is 1.00. The summed E-state index contributed by atoms with van der Waals surface area (Å²) in [4.78, 5) is 0. The van der Waals surface area contributed by atoms with Crippen LogP contribution in [0.5, 0.6) is 0 Å². The SMILES string of the molecule is OC1CC(F)(F)CO1. The average molecular weight is 124 g/mol. The first-order chi connectivity index (χ1) is 3.60. The second-order valence-corrected chi connectivity index (χ2v) is 1.83. The predicted molar refractivity (Wildman–Crippen MR) is 21.5 cm³/mol. The molecule has 0 aliphatic carbocycles. The maximum atomic E-state index is 11.9. The number of hydrogen-bond donors (Lipinski definition) is 1. The lowest BCUT2D eigenvalue weighted by Gasteiger charge is -2.01. The molecular weight excluding hydrogens is 118 g/mol. The van der Waals surface area contributed by atoms with E-state index >= 15 is 0 Å². The molecule has 1 fully saturated rings. The fourth-order valence-corrected chi connectivity index (χ4v) is 0.591. The second kappa shape index (κ2) is 1.63. The van der Waals surface area contributed by atoms with Crippen molar-refractivity contribution in [2.45, 2.75) is 18.6 Å². The van der Waals surface area contributed by atoms with Gasteiger partial charge < -0.3 is 9.84 Å². The molecule has 1 atom stereocenters. The summed E-state index contributed by atoms with van der Waals surface area (Å²) in [6.07, 6.45) is -1.82. The fourth-order valence-electron chi connectivity index (χ4n) is 0.591. The standard InChI is InChI=1S/C4H6F2O2/c5-4(6)1-3(7)8-2-4/h3,7H,1-2H2. The minimum Gasteiger partial charge on any atom is -0.368 e. The molecule has 4 heteroatoms. The quantitative estimate of drug-likeness (QED) is 0.505. The van der Waals surface area contributed by atoms with Crippen molar-refractivity contribution < 1.29 is 18.6 Å². The van der Waals surface area contributed by atoms with Gasteiger partial charge in [-0.25, -0.2) is 8.78 Å². The van der Waals surface area contributed by atoms with Crippen molar-refractivity contribution >= 4 is 0 Å². The lowest BCUT2D eigenvalue weighted by atomic mass is 10.3. The van der Waals surface area contributed by atoms with Crippen LogP contribution in [-0.2, 0) is 4.74 Å². The molecule has 48 valence electrons. The van der Waals surface area contributed by atoms with E-state index in [4.69, 9.17) is 5.11 Å². The molecule has 0 amide bonds. The molecule has 1 unspecified atom stereocenters. The van der Waals surface area contributed by atoms with Gasteiger partial charge >= 0.3 is 0 Å². The Morgan fingerprint density at radius 2 is 2.25 bits per heavy atom. The van der Waals surface area contributed by atoms with Gasteiger partial charge in [0, 0.05) is 0 Å². The Morgan fingerprint density at radius 1 is 1.62 bits per heavy atom. The van der Waals surface area contributed by atoms with Gasteiger partial charge in [0.05, 0.1) is 6.42 Å². The Bertz CT molecular complexity index is 94.0. The van der Waals surface area contributed by atoms with Crippen molar-refractivity contribution in [3.05, 3.63) is 0 Å². The third-order valence-corrected chi connectivity index (χ3v) is 0.960. The number of ether oxygens (including phenoxy) is 1. The van der Waals surface area contributed by atoms with Crippen molar-refractivity contribution in [2.24, 2.45) is 0 Å². The first kappa shape index (κ1) is 5.91. The van der Waals surface area contributed by atoms with Crippen LogP contribution in [-0.4, -0.2) is 23.9 Å². The predicted octanol–water partition coefficient (Wildman–Crippen LogP) is 0.360. The molecule has 2 nitrogen and oxygen atoms in total. The van der Waals surface area contributed by atoms with E-state index in [1.54, 1.807) is 0 Å². The van der Waals surface area contributed by atoms with Crippen molar-refractivity contribution in [1.29, 1.82) is 0 Å². The highest BCUT2D eigenvalue weighted by Gasteiger charge is 2.39. The Balaban J connectivity index is 2.44. The average Bonchev–Trinajstić information content (AvgIpc) is 1.82. The van der Waals surface area contributed by atoms with Gasteiger partial charge in [-0.1, -0.05) is 0 Å². The van der Waals surface area contributed by atoms with E-state index in [0.717, 1.165) is 0 Å². The zero-order valence-corrected chi connectivity index (χ0v) is 4.10. The van der Waals surface area contributed by atoms with E-state index in [1.165, 1.54) is 0 Å². The number of hydrogen-bond acceptors (Lipinski definition) is 2. The van der Waals surface area contributed by atoms with Gasteiger partial charge in [-0.2, -0.15) is 0 Å². The first-order valence-electron chi connectivity index (χ1n) is 2.28. The Kier molecular flexibility index (Phi) is 1.21. The summed E-state index contributed by atoms with van der Waals surface area (Å²) in [6.45, 7) is -0.645. The summed E-state index contributed by atoms with van der Waals surface area (Å²) in [6, 6.07) is 0. The van der Waals surface area contributed by atoms with Crippen molar-refractivity contribution in [1.82, 2.24) is 0 Å². The molecule has 0 bridgehead atoms. The summed E-state index contributed by atoms with van der Waals surface area (Å²) >= 11 is 0. The number of halogens is 2. The largest absolute Gasteiger partial charge is 0.368 e. The van der Waals surface area contributed by atoms with Crippen molar-refractivity contribution in [3.63, 3.8) is 0 Å². The summed E-state index contributed by atoms with van der Waals surface area (Å²) in [5, 5.41) is 8.36. The Morgan fingerprint density at radius 3 is 2.38 bits per heavy atom. The van der Waals surface area contributed by atoms with Gasteiger partial charge in [0.15, 0.2) is 6.29 Å². The van der Waals surface area contributed by atoms with E-state index in [0.29, 0.717) is 0 Å². The third-order valence-electron chi connectivity index (χ3n) is 0.960. The molecule has 1 saturated heterocycles. The van der Waals surface area contributed by atoms with Crippen LogP contribution in [0.2, 0.25) is 0 Å². The molecule has 8 heavy (non-hydrogen) atoms. The van der Waals surface area contributed by atoms with E-state index in [-0.39, 0.29) is 0 Å². The number of rotatable bonds is 0. The Hall–Kier alpha value is -0.220. The van der Waals surface area contributed by atoms with Gasteiger partial charge in [0.1, 0.15) is 6.61 Å². The monoisotopic (exact) mass is 124 g/mol.